The molecule has 0 unspecified atom stereocenters. The standard InChI is InChI=1S/C19H28N4O2/c1-19(2)8-6-16(25-19)12-20-18(24)23-14-4-5-15(23)11-13(10-14)17-7-9-21-22(17)3/h7,9-10,14-16H,4-6,8,11-12H2,1-3H3,(H,20,24)/t14-,15+,16+/m1/s1. The fourth-order valence-corrected chi connectivity index (χ4v) is 4.54. The number of aromatic nitrogens is 2. The van der Waals surface area contributed by atoms with Crippen LogP contribution in [0.5, 0.6) is 0 Å². The Hall–Kier alpha value is -1.82. The van der Waals surface area contributed by atoms with Gasteiger partial charge in [0.15, 0.2) is 0 Å². The number of hydrogen-bond donors (Lipinski definition) is 1. The molecule has 2 bridgehead atoms. The third kappa shape index (κ3) is 3.19. The third-order valence-corrected chi connectivity index (χ3v) is 5.81. The number of nitrogens with zero attached hydrogens (tertiary/aromatic N) is 3. The average molecular weight is 344 g/mol. The fourth-order valence-electron chi connectivity index (χ4n) is 4.54. The van der Waals surface area contributed by atoms with E-state index in [1.165, 1.54) is 11.3 Å². The van der Waals surface area contributed by atoms with Crippen molar-refractivity contribution in [2.24, 2.45) is 7.05 Å². The van der Waals surface area contributed by atoms with Crippen molar-refractivity contribution in [1.82, 2.24) is 20.0 Å². The summed E-state index contributed by atoms with van der Waals surface area (Å²) in [5.74, 6) is 0. The van der Waals surface area contributed by atoms with Crippen molar-refractivity contribution >= 4 is 11.6 Å². The highest BCUT2D eigenvalue weighted by Gasteiger charge is 2.40. The average Bonchev–Trinajstić information content (AvgIpc) is 3.21. The van der Waals surface area contributed by atoms with Gasteiger partial charge in [0.2, 0.25) is 0 Å². The van der Waals surface area contributed by atoms with E-state index in [0.717, 1.165) is 32.1 Å². The first kappa shape index (κ1) is 16.6. The van der Waals surface area contributed by atoms with Gasteiger partial charge in [-0.1, -0.05) is 6.08 Å². The molecule has 3 atom stereocenters. The molecule has 2 fully saturated rings. The van der Waals surface area contributed by atoms with Crippen LogP contribution in [0.1, 0.15) is 51.6 Å². The number of aryl methyl sites for hydroxylation is 1. The summed E-state index contributed by atoms with van der Waals surface area (Å²) in [5, 5.41) is 7.38. The summed E-state index contributed by atoms with van der Waals surface area (Å²) in [6.45, 7) is 4.84. The summed E-state index contributed by atoms with van der Waals surface area (Å²) in [6.07, 6.45) is 9.34. The Bertz CT molecular complexity index is 693. The van der Waals surface area contributed by atoms with Crippen molar-refractivity contribution in [3.05, 3.63) is 24.0 Å². The summed E-state index contributed by atoms with van der Waals surface area (Å²) >= 11 is 0. The lowest BCUT2D eigenvalue weighted by Crippen LogP contribution is -2.49. The second-order valence-electron chi connectivity index (χ2n) is 8.17. The lowest BCUT2D eigenvalue weighted by Gasteiger charge is -2.34. The molecule has 4 heterocycles. The van der Waals surface area contributed by atoms with Crippen LogP contribution in [-0.2, 0) is 11.8 Å². The fraction of sp³-hybridized carbons (Fsp3) is 0.684. The minimum absolute atomic E-state index is 0.0553. The number of urea groups is 1. The Kier molecular flexibility index (Phi) is 4.10. The van der Waals surface area contributed by atoms with Crippen LogP contribution in [-0.4, -0.2) is 51.0 Å². The van der Waals surface area contributed by atoms with E-state index in [1.807, 2.05) is 22.8 Å². The molecule has 1 aromatic heterocycles. The molecule has 0 saturated carbocycles. The van der Waals surface area contributed by atoms with Crippen LogP contribution in [0.25, 0.3) is 5.57 Å². The maximum absolute atomic E-state index is 12.7. The topological polar surface area (TPSA) is 59.4 Å². The first-order valence-electron chi connectivity index (χ1n) is 9.36. The van der Waals surface area contributed by atoms with Crippen molar-refractivity contribution < 1.29 is 9.53 Å². The second-order valence-corrected chi connectivity index (χ2v) is 8.17. The molecule has 0 radical (unpaired) electrons. The van der Waals surface area contributed by atoms with Gasteiger partial charge in [-0.3, -0.25) is 4.68 Å². The molecule has 4 rings (SSSR count). The Labute approximate surface area is 149 Å². The smallest absolute Gasteiger partial charge is 0.318 e. The molecule has 0 aromatic carbocycles. The Morgan fingerprint density at radius 3 is 2.88 bits per heavy atom. The molecule has 6 heteroatoms. The number of ether oxygens (including phenoxy) is 1. The van der Waals surface area contributed by atoms with Gasteiger partial charge in [0.25, 0.3) is 0 Å². The second kappa shape index (κ2) is 6.16. The number of carbonyl (C=O) groups excluding carboxylic acids is 1. The Morgan fingerprint density at radius 2 is 2.24 bits per heavy atom. The maximum Gasteiger partial charge on any atom is 0.318 e. The van der Waals surface area contributed by atoms with Crippen molar-refractivity contribution in [2.45, 2.75) is 69.7 Å². The number of rotatable bonds is 3. The minimum Gasteiger partial charge on any atom is -0.371 e. The van der Waals surface area contributed by atoms with Gasteiger partial charge in [0, 0.05) is 25.8 Å². The highest BCUT2D eigenvalue weighted by atomic mass is 16.5. The number of amides is 2. The van der Waals surface area contributed by atoms with Gasteiger partial charge in [0.05, 0.1) is 23.4 Å². The molecule has 0 spiro atoms. The van der Waals surface area contributed by atoms with Crippen LogP contribution in [0.3, 0.4) is 0 Å². The SMILES string of the molecule is Cn1nccc1C1=C[C@H]2CC[C@@H](C1)N2C(=O)NC[C@@H]1CCC(C)(C)O1. The lowest BCUT2D eigenvalue weighted by atomic mass is 9.99. The Morgan fingerprint density at radius 1 is 1.40 bits per heavy atom. The number of hydrogen-bond acceptors (Lipinski definition) is 3. The van der Waals surface area contributed by atoms with Crippen LogP contribution in [0.4, 0.5) is 4.79 Å². The first-order valence-corrected chi connectivity index (χ1v) is 9.36. The summed E-state index contributed by atoms with van der Waals surface area (Å²) in [6, 6.07) is 2.60. The van der Waals surface area contributed by atoms with E-state index in [9.17, 15) is 4.79 Å². The number of fused-ring (bicyclic) bond motifs is 2. The van der Waals surface area contributed by atoms with Gasteiger partial charge < -0.3 is 15.0 Å². The predicted octanol–water partition coefficient (Wildman–Crippen LogP) is 2.71. The largest absolute Gasteiger partial charge is 0.371 e. The van der Waals surface area contributed by atoms with Crippen molar-refractivity contribution in [3.63, 3.8) is 0 Å². The monoisotopic (exact) mass is 344 g/mol. The molecule has 6 nitrogen and oxygen atoms in total. The zero-order valence-corrected chi connectivity index (χ0v) is 15.4. The van der Waals surface area contributed by atoms with Gasteiger partial charge >= 0.3 is 6.03 Å². The normalized spacial score (nSPS) is 30.4. The van der Waals surface area contributed by atoms with Crippen LogP contribution < -0.4 is 5.32 Å². The van der Waals surface area contributed by atoms with Crippen LogP contribution in [0, 0.1) is 0 Å². The molecule has 2 saturated heterocycles. The highest BCUT2D eigenvalue weighted by Crippen LogP contribution is 2.38. The van der Waals surface area contributed by atoms with Crippen molar-refractivity contribution in [1.29, 1.82) is 0 Å². The van der Waals surface area contributed by atoms with E-state index in [4.69, 9.17) is 4.74 Å². The van der Waals surface area contributed by atoms with Gasteiger partial charge in [-0.2, -0.15) is 5.10 Å². The van der Waals surface area contributed by atoms with Crippen molar-refractivity contribution in [2.75, 3.05) is 6.54 Å². The highest BCUT2D eigenvalue weighted by molar-refractivity contribution is 5.78. The third-order valence-electron chi connectivity index (χ3n) is 5.81. The van der Waals surface area contributed by atoms with E-state index < -0.39 is 0 Å². The summed E-state index contributed by atoms with van der Waals surface area (Å²) in [7, 11) is 1.97. The van der Waals surface area contributed by atoms with Gasteiger partial charge in [-0.05, 0) is 57.6 Å². The molecule has 0 aliphatic carbocycles. The molecular weight excluding hydrogens is 316 g/mol. The van der Waals surface area contributed by atoms with Gasteiger partial charge in [-0.15, -0.1) is 0 Å². The molecule has 25 heavy (non-hydrogen) atoms. The van der Waals surface area contributed by atoms with Crippen LogP contribution in [0.2, 0.25) is 0 Å². The van der Waals surface area contributed by atoms with E-state index in [-0.39, 0.29) is 23.8 Å². The zero-order chi connectivity index (χ0) is 17.6. The molecule has 2 amide bonds. The molecule has 3 aliphatic rings. The first-order chi connectivity index (χ1) is 11.9. The molecule has 1 N–H and O–H groups in total. The summed E-state index contributed by atoms with van der Waals surface area (Å²) in [5.41, 5.74) is 2.43. The van der Waals surface area contributed by atoms with Crippen molar-refractivity contribution in [3.8, 4) is 0 Å². The maximum atomic E-state index is 12.7. The molecule has 1 aromatic rings. The summed E-state index contributed by atoms with van der Waals surface area (Å²) in [4.78, 5) is 14.8. The van der Waals surface area contributed by atoms with E-state index in [2.05, 4.69) is 36.4 Å². The van der Waals surface area contributed by atoms with E-state index >= 15 is 0 Å². The Balaban J connectivity index is 1.40. The minimum atomic E-state index is -0.0553. The quantitative estimate of drug-likeness (QED) is 0.917. The van der Waals surface area contributed by atoms with Gasteiger partial charge in [-0.25, -0.2) is 4.79 Å². The van der Waals surface area contributed by atoms with Crippen LogP contribution in [0.15, 0.2) is 18.3 Å². The predicted molar refractivity (Wildman–Crippen MR) is 96.0 cm³/mol. The van der Waals surface area contributed by atoms with E-state index in [0.29, 0.717) is 12.6 Å². The van der Waals surface area contributed by atoms with Gasteiger partial charge in [0.1, 0.15) is 0 Å². The lowest BCUT2D eigenvalue weighted by molar-refractivity contribution is -0.0137. The van der Waals surface area contributed by atoms with E-state index in [1.54, 1.807) is 0 Å². The molecule has 3 aliphatic heterocycles. The number of carbonyl (C=O) groups is 1. The molecular formula is C19H28N4O2. The number of nitrogens with one attached hydrogen (secondary N) is 1. The van der Waals surface area contributed by atoms with Crippen LogP contribution >= 0.6 is 0 Å². The molecule has 136 valence electrons. The zero-order valence-electron chi connectivity index (χ0n) is 15.4. The summed E-state index contributed by atoms with van der Waals surface area (Å²) < 4.78 is 7.90.